The summed E-state index contributed by atoms with van der Waals surface area (Å²) in [5, 5.41) is 14.2. The van der Waals surface area contributed by atoms with Crippen molar-refractivity contribution in [2.24, 2.45) is 14.1 Å². The van der Waals surface area contributed by atoms with Gasteiger partial charge >= 0.3 is 0 Å². The van der Waals surface area contributed by atoms with Crippen LogP contribution >= 0.6 is 12.0 Å². The molecule has 19 heteroatoms. The van der Waals surface area contributed by atoms with Gasteiger partial charge in [0, 0.05) is 49.4 Å². The fourth-order valence-electron chi connectivity index (χ4n) is 4.46. The molecular formula is C34H31F4N7O7S. The van der Waals surface area contributed by atoms with Crippen molar-refractivity contribution in [1.82, 2.24) is 29.1 Å². The Bertz CT molecular complexity index is 2430. The molecular weight excluding hydrogens is 726 g/mol. The molecule has 0 fully saturated rings. The highest BCUT2D eigenvalue weighted by Gasteiger charge is 2.23. The van der Waals surface area contributed by atoms with Gasteiger partial charge in [0.25, 0.3) is 11.1 Å². The van der Waals surface area contributed by atoms with E-state index in [0.29, 0.717) is 34.2 Å². The third-order valence-electron chi connectivity index (χ3n) is 7.62. The van der Waals surface area contributed by atoms with Crippen molar-refractivity contribution >= 4 is 40.1 Å². The number of ether oxygens (including phenoxy) is 2. The van der Waals surface area contributed by atoms with E-state index in [0.717, 1.165) is 36.3 Å². The molecule has 53 heavy (non-hydrogen) atoms. The van der Waals surface area contributed by atoms with Gasteiger partial charge in [-0.15, -0.1) is 0 Å². The zero-order chi connectivity index (χ0) is 38.6. The average molecular weight is 758 g/mol. The molecule has 1 atom stereocenters. The molecule has 0 aliphatic heterocycles. The smallest absolute Gasteiger partial charge is 0.294 e. The highest BCUT2D eigenvalue weighted by Crippen LogP contribution is 2.27. The fraction of sp³-hybridized carbons (Fsp3) is 0.235. The Morgan fingerprint density at radius 1 is 0.774 bits per heavy atom. The van der Waals surface area contributed by atoms with Crippen LogP contribution in [0, 0.1) is 23.3 Å². The number of rotatable bonds is 10. The summed E-state index contributed by atoms with van der Waals surface area (Å²) in [7, 11) is 4.31. The second-order valence-corrected chi connectivity index (χ2v) is 12.5. The van der Waals surface area contributed by atoms with Crippen LogP contribution in [0.5, 0.6) is 23.0 Å². The predicted molar refractivity (Wildman–Crippen MR) is 186 cm³/mol. The summed E-state index contributed by atoms with van der Waals surface area (Å²) in [6, 6.07) is 8.06. The van der Waals surface area contributed by atoms with Crippen molar-refractivity contribution < 1.29 is 41.4 Å². The van der Waals surface area contributed by atoms with Crippen LogP contribution in [0.3, 0.4) is 0 Å². The standard InChI is InChI=1S/C19H20F2N4O3.C15H11F2N3O4S/c1-10(19(2,3)27)23-18-22-9-11-7-15(17(26)25(4)16(11)24-18)28-14-6-5-12(20)8-13(14)21;1-20-13-8(7-18-15(19-13)25-24-22-2)5-12(14(20)21)23-11-4-3-9(16)6-10(11)17/h5-10,27H,1-4H3,(H,22,23,24);3-7H,1-2H3/t10-;/m0./s1. The van der Waals surface area contributed by atoms with Crippen LogP contribution < -0.4 is 25.9 Å². The largest absolute Gasteiger partial charge is 0.448 e. The number of hydrogen-bond donors (Lipinski definition) is 2. The van der Waals surface area contributed by atoms with Gasteiger partial charge in [-0.25, -0.2) is 37.4 Å². The molecule has 0 bridgehead atoms. The van der Waals surface area contributed by atoms with E-state index in [1.54, 1.807) is 20.8 Å². The molecule has 2 aromatic carbocycles. The van der Waals surface area contributed by atoms with E-state index < -0.39 is 40.0 Å². The molecule has 0 saturated heterocycles. The third kappa shape index (κ3) is 9.06. The highest BCUT2D eigenvalue weighted by atomic mass is 32.2. The molecule has 0 radical (unpaired) electrons. The maximum Gasteiger partial charge on any atom is 0.294 e. The molecule has 0 aliphatic carbocycles. The van der Waals surface area contributed by atoms with Gasteiger partial charge in [-0.2, -0.15) is 9.32 Å². The number of aliphatic hydroxyl groups is 1. The van der Waals surface area contributed by atoms with Crippen LogP contribution in [0.25, 0.3) is 22.1 Å². The van der Waals surface area contributed by atoms with Crippen LogP contribution in [0.2, 0.25) is 0 Å². The lowest BCUT2D eigenvalue weighted by atomic mass is 10.0. The van der Waals surface area contributed by atoms with Crippen LogP contribution in [0.4, 0.5) is 23.5 Å². The lowest BCUT2D eigenvalue weighted by molar-refractivity contribution is -0.160. The Morgan fingerprint density at radius 3 is 1.74 bits per heavy atom. The summed E-state index contributed by atoms with van der Waals surface area (Å²) in [4.78, 5) is 46.2. The first-order valence-electron chi connectivity index (χ1n) is 15.4. The summed E-state index contributed by atoms with van der Waals surface area (Å²) >= 11 is 0.784. The van der Waals surface area contributed by atoms with E-state index in [1.165, 1.54) is 54.9 Å². The van der Waals surface area contributed by atoms with E-state index in [1.807, 2.05) is 0 Å². The van der Waals surface area contributed by atoms with Crippen molar-refractivity contribution in [1.29, 1.82) is 0 Å². The van der Waals surface area contributed by atoms with E-state index in [4.69, 9.17) is 9.47 Å². The van der Waals surface area contributed by atoms with Gasteiger partial charge in [-0.3, -0.25) is 18.7 Å². The molecule has 0 spiro atoms. The number of aromatic nitrogens is 6. The minimum atomic E-state index is -0.999. The van der Waals surface area contributed by atoms with Crippen LogP contribution in [0.1, 0.15) is 20.8 Å². The minimum absolute atomic E-state index is 0.141. The highest BCUT2D eigenvalue weighted by molar-refractivity contribution is 7.94. The molecule has 14 nitrogen and oxygen atoms in total. The maximum atomic E-state index is 13.8. The van der Waals surface area contributed by atoms with E-state index in [-0.39, 0.29) is 40.1 Å². The minimum Gasteiger partial charge on any atom is -0.448 e. The molecule has 278 valence electrons. The Morgan fingerprint density at radius 2 is 1.26 bits per heavy atom. The van der Waals surface area contributed by atoms with Crippen LogP contribution in [0.15, 0.2) is 75.7 Å². The van der Waals surface area contributed by atoms with E-state index >= 15 is 0 Å². The number of benzene rings is 2. The van der Waals surface area contributed by atoms with Crippen molar-refractivity contribution in [2.45, 2.75) is 37.6 Å². The first-order chi connectivity index (χ1) is 25.0. The van der Waals surface area contributed by atoms with Gasteiger partial charge in [-0.05, 0) is 57.2 Å². The van der Waals surface area contributed by atoms with Gasteiger partial charge in [0.05, 0.1) is 18.8 Å². The van der Waals surface area contributed by atoms with Crippen molar-refractivity contribution in [3.8, 4) is 23.0 Å². The van der Waals surface area contributed by atoms with E-state index in [9.17, 15) is 32.3 Å². The number of fused-ring (bicyclic) bond motifs is 2. The normalized spacial score (nSPS) is 12.0. The third-order valence-corrected chi connectivity index (χ3v) is 8.17. The zero-order valence-corrected chi connectivity index (χ0v) is 29.7. The average Bonchev–Trinajstić information content (AvgIpc) is 3.10. The molecule has 6 rings (SSSR count). The number of pyridine rings is 2. The van der Waals surface area contributed by atoms with Gasteiger partial charge in [0.1, 0.15) is 35.0 Å². The van der Waals surface area contributed by atoms with Crippen molar-refractivity contribution in [3.63, 3.8) is 0 Å². The number of aryl methyl sites for hydroxylation is 2. The lowest BCUT2D eigenvalue weighted by Crippen LogP contribution is -2.39. The molecule has 6 aromatic rings. The molecule has 0 amide bonds. The number of nitrogens with one attached hydrogen (secondary N) is 1. The summed E-state index contributed by atoms with van der Waals surface area (Å²) in [6.07, 6.45) is 2.94. The first-order valence-corrected chi connectivity index (χ1v) is 16.2. The molecule has 4 heterocycles. The number of anilines is 1. The van der Waals surface area contributed by atoms with Gasteiger partial charge < -0.3 is 19.9 Å². The fourth-order valence-corrected chi connectivity index (χ4v) is 4.81. The Balaban J connectivity index is 0.000000206. The van der Waals surface area contributed by atoms with Crippen molar-refractivity contribution in [3.05, 3.63) is 105 Å². The molecule has 4 aromatic heterocycles. The zero-order valence-electron chi connectivity index (χ0n) is 28.9. The number of hydrogen-bond acceptors (Lipinski definition) is 13. The number of halogens is 4. The summed E-state index contributed by atoms with van der Waals surface area (Å²) in [5.41, 5.74) is -1.43. The molecule has 2 N–H and O–H groups in total. The van der Waals surface area contributed by atoms with Gasteiger partial charge in [-0.1, -0.05) is 0 Å². The van der Waals surface area contributed by atoms with Crippen LogP contribution in [-0.4, -0.2) is 52.9 Å². The lowest BCUT2D eigenvalue weighted by Gasteiger charge is -2.26. The summed E-state index contributed by atoms with van der Waals surface area (Å²) in [6.45, 7) is 5.08. The van der Waals surface area contributed by atoms with Crippen molar-refractivity contribution in [2.75, 3.05) is 12.4 Å². The maximum absolute atomic E-state index is 13.8. The van der Waals surface area contributed by atoms with E-state index in [2.05, 4.69) is 34.5 Å². The number of nitrogens with zero attached hydrogens (tertiary/aromatic N) is 6. The summed E-state index contributed by atoms with van der Waals surface area (Å²) in [5.74, 6) is -3.89. The molecule has 0 aliphatic rings. The second kappa shape index (κ2) is 15.9. The quantitative estimate of drug-likeness (QED) is 0.0554. The first kappa shape index (κ1) is 38.6. The topological polar surface area (TPSA) is 165 Å². The van der Waals surface area contributed by atoms with Gasteiger partial charge in [0.15, 0.2) is 34.6 Å². The SMILES string of the molecule is COOSc1ncc2cc(Oc3ccc(F)cc3F)c(=O)n(C)c2n1.C[C@H](Nc1ncc2cc(Oc3ccc(F)cc3F)c(=O)n(C)c2n1)C(C)(C)O. The Hall–Kier alpha value is -5.63. The molecule has 0 saturated carbocycles. The monoisotopic (exact) mass is 757 g/mol. The predicted octanol–water partition coefficient (Wildman–Crippen LogP) is 5.95. The van der Waals surface area contributed by atoms with Crippen LogP contribution in [-0.2, 0) is 23.3 Å². The Kier molecular flexibility index (Phi) is 11.6. The Labute approximate surface area is 302 Å². The van der Waals surface area contributed by atoms with Gasteiger partial charge in [0.2, 0.25) is 11.1 Å². The molecule has 0 unspecified atom stereocenters. The summed E-state index contributed by atoms with van der Waals surface area (Å²) < 4.78 is 71.3. The second-order valence-electron chi connectivity index (χ2n) is 11.8.